The molecule has 1 aromatic rings. The second-order valence-corrected chi connectivity index (χ2v) is 2.71. The summed E-state index contributed by atoms with van der Waals surface area (Å²) < 4.78 is 0. The van der Waals surface area contributed by atoms with Crippen LogP contribution in [0.1, 0.15) is 5.69 Å². The molecule has 4 heteroatoms. The molecule has 0 saturated heterocycles. The third kappa shape index (κ3) is 3.07. The minimum atomic E-state index is 0. The van der Waals surface area contributed by atoms with Crippen LogP contribution in [0, 0.1) is 0 Å². The fourth-order valence-electron chi connectivity index (χ4n) is 0.851. The van der Waals surface area contributed by atoms with E-state index in [9.17, 15) is 5.11 Å². The summed E-state index contributed by atoms with van der Waals surface area (Å²) in [6.45, 7) is 0.673. The van der Waals surface area contributed by atoms with Crippen molar-refractivity contribution < 1.29 is 5.11 Å². The molecule has 3 nitrogen and oxygen atoms in total. The van der Waals surface area contributed by atoms with E-state index in [4.69, 9.17) is 0 Å². The zero-order chi connectivity index (χ0) is 8.27. The van der Waals surface area contributed by atoms with Crippen LogP contribution in [0.5, 0.6) is 5.75 Å². The van der Waals surface area contributed by atoms with Gasteiger partial charge in [0.15, 0.2) is 0 Å². The Morgan fingerprint density at radius 2 is 2.17 bits per heavy atom. The number of rotatable bonds is 2. The zero-order valence-electron chi connectivity index (χ0n) is 7.19. The van der Waals surface area contributed by atoms with Crippen LogP contribution < -0.4 is 0 Å². The molecule has 12 heavy (non-hydrogen) atoms. The Morgan fingerprint density at radius 3 is 2.67 bits per heavy atom. The molecule has 0 aliphatic heterocycles. The molecule has 0 atom stereocenters. The molecule has 1 aromatic heterocycles. The van der Waals surface area contributed by atoms with Crippen LogP contribution in [-0.4, -0.2) is 29.1 Å². The minimum absolute atomic E-state index is 0. The van der Waals surface area contributed by atoms with Crippen LogP contribution in [0.3, 0.4) is 0 Å². The van der Waals surface area contributed by atoms with Crippen molar-refractivity contribution in [2.24, 2.45) is 0 Å². The highest BCUT2D eigenvalue weighted by Gasteiger charge is 2.00. The van der Waals surface area contributed by atoms with Gasteiger partial charge in [-0.25, -0.2) is 0 Å². The van der Waals surface area contributed by atoms with Gasteiger partial charge in [0.2, 0.25) is 0 Å². The van der Waals surface area contributed by atoms with Crippen LogP contribution in [-0.2, 0) is 6.54 Å². The third-order valence-electron chi connectivity index (χ3n) is 1.33. The van der Waals surface area contributed by atoms with Gasteiger partial charge in [-0.3, -0.25) is 4.98 Å². The Balaban J connectivity index is 0.00000121. The monoisotopic (exact) mass is 188 g/mol. The predicted molar refractivity (Wildman–Crippen MR) is 50.5 cm³/mol. The minimum Gasteiger partial charge on any atom is -0.506 e. The quantitative estimate of drug-likeness (QED) is 0.760. The molecule has 68 valence electrons. The molecule has 0 spiro atoms. The molecule has 0 bridgehead atoms. The lowest BCUT2D eigenvalue weighted by molar-refractivity contribution is 0.378. The Hall–Kier alpha value is -0.800. The van der Waals surface area contributed by atoms with Crippen molar-refractivity contribution in [3.05, 3.63) is 24.0 Å². The van der Waals surface area contributed by atoms with E-state index in [1.165, 1.54) is 0 Å². The van der Waals surface area contributed by atoms with Gasteiger partial charge in [-0.15, -0.1) is 12.4 Å². The second kappa shape index (κ2) is 4.95. The van der Waals surface area contributed by atoms with Gasteiger partial charge in [-0.1, -0.05) is 0 Å². The number of halogens is 1. The van der Waals surface area contributed by atoms with Gasteiger partial charge in [-0.2, -0.15) is 0 Å². The van der Waals surface area contributed by atoms with Crippen LogP contribution >= 0.6 is 12.4 Å². The summed E-state index contributed by atoms with van der Waals surface area (Å²) in [6.07, 6.45) is 1.68. The molecule has 0 fully saturated rings. The number of hydrogen-bond donors (Lipinski definition) is 1. The van der Waals surface area contributed by atoms with E-state index in [-0.39, 0.29) is 18.2 Å². The van der Waals surface area contributed by atoms with Crippen LogP contribution in [0.15, 0.2) is 18.3 Å². The van der Waals surface area contributed by atoms with Crippen molar-refractivity contribution in [2.45, 2.75) is 6.54 Å². The normalized spacial score (nSPS) is 9.58. The van der Waals surface area contributed by atoms with Gasteiger partial charge in [-0.05, 0) is 26.2 Å². The van der Waals surface area contributed by atoms with E-state index in [0.717, 1.165) is 5.69 Å². The summed E-state index contributed by atoms with van der Waals surface area (Å²) in [6, 6.07) is 3.36. The van der Waals surface area contributed by atoms with Gasteiger partial charge >= 0.3 is 0 Å². The van der Waals surface area contributed by atoms with Gasteiger partial charge in [0.1, 0.15) is 5.75 Å². The molecule has 1 N–H and O–H groups in total. The summed E-state index contributed by atoms with van der Waals surface area (Å²) in [5.41, 5.74) is 0.720. The molecule has 1 rings (SSSR count). The number of aromatic nitrogens is 1. The number of nitrogens with zero attached hydrogens (tertiary/aromatic N) is 2. The maximum absolute atomic E-state index is 9.27. The first kappa shape index (κ1) is 11.2. The zero-order valence-corrected chi connectivity index (χ0v) is 8.01. The smallest absolute Gasteiger partial charge is 0.138 e. The first-order valence-corrected chi connectivity index (χ1v) is 3.47. The molecular weight excluding hydrogens is 176 g/mol. The maximum atomic E-state index is 9.27. The van der Waals surface area contributed by atoms with Crippen LogP contribution in [0.25, 0.3) is 0 Å². The Morgan fingerprint density at radius 1 is 1.50 bits per heavy atom. The van der Waals surface area contributed by atoms with E-state index in [0.29, 0.717) is 6.54 Å². The predicted octanol–water partition coefficient (Wildman–Crippen LogP) is 1.27. The summed E-state index contributed by atoms with van der Waals surface area (Å²) in [5, 5.41) is 9.27. The molecule has 1 heterocycles. The van der Waals surface area contributed by atoms with Crippen LogP contribution in [0.2, 0.25) is 0 Å². The molecule has 0 radical (unpaired) electrons. The Bertz CT molecular complexity index is 240. The fraction of sp³-hybridized carbons (Fsp3) is 0.375. The van der Waals surface area contributed by atoms with Crippen molar-refractivity contribution >= 4 is 12.4 Å². The fourth-order valence-corrected chi connectivity index (χ4v) is 0.851. The van der Waals surface area contributed by atoms with Gasteiger partial charge < -0.3 is 10.0 Å². The first-order chi connectivity index (χ1) is 5.20. The lowest BCUT2D eigenvalue weighted by atomic mass is 10.3. The SMILES string of the molecule is CN(C)Cc1ncccc1O.Cl. The van der Waals surface area contributed by atoms with E-state index >= 15 is 0 Å². The van der Waals surface area contributed by atoms with Crippen molar-refractivity contribution in [3.63, 3.8) is 0 Å². The van der Waals surface area contributed by atoms with Gasteiger partial charge in [0.25, 0.3) is 0 Å². The lowest BCUT2D eigenvalue weighted by Crippen LogP contribution is -2.11. The summed E-state index contributed by atoms with van der Waals surface area (Å²) in [4.78, 5) is 5.99. The molecule has 0 amide bonds. The van der Waals surface area contributed by atoms with Gasteiger partial charge in [0, 0.05) is 12.7 Å². The average Bonchev–Trinajstić information content (AvgIpc) is 1.93. The summed E-state index contributed by atoms with van der Waals surface area (Å²) >= 11 is 0. The number of aromatic hydroxyl groups is 1. The highest BCUT2D eigenvalue weighted by Crippen LogP contribution is 2.12. The molecule has 0 aliphatic carbocycles. The standard InChI is InChI=1S/C8H12N2O.ClH/c1-10(2)6-7-8(11)4-3-5-9-7;/h3-5,11H,6H2,1-2H3;1H. The highest BCUT2D eigenvalue weighted by atomic mass is 35.5. The van der Waals surface area contributed by atoms with E-state index in [1.54, 1.807) is 18.3 Å². The topological polar surface area (TPSA) is 36.4 Å². The van der Waals surface area contributed by atoms with Crippen LogP contribution in [0.4, 0.5) is 0 Å². The molecule has 0 unspecified atom stereocenters. The third-order valence-corrected chi connectivity index (χ3v) is 1.33. The largest absolute Gasteiger partial charge is 0.506 e. The first-order valence-electron chi connectivity index (χ1n) is 3.47. The molecule has 0 saturated carbocycles. The summed E-state index contributed by atoms with van der Waals surface area (Å²) in [5.74, 6) is 0.265. The van der Waals surface area contributed by atoms with Crippen molar-refractivity contribution in [2.75, 3.05) is 14.1 Å². The Kier molecular flexibility index (Phi) is 4.62. The van der Waals surface area contributed by atoms with Crippen molar-refractivity contribution in [3.8, 4) is 5.75 Å². The second-order valence-electron chi connectivity index (χ2n) is 2.71. The summed E-state index contributed by atoms with van der Waals surface area (Å²) in [7, 11) is 3.88. The number of hydrogen-bond acceptors (Lipinski definition) is 3. The molecule has 0 aromatic carbocycles. The average molecular weight is 189 g/mol. The van der Waals surface area contributed by atoms with E-state index in [1.807, 2.05) is 19.0 Å². The number of pyridine rings is 1. The maximum Gasteiger partial charge on any atom is 0.138 e. The van der Waals surface area contributed by atoms with Crippen molar-refractivity contribution in [1.82, 2.24) is 9.88 Å². The molecule has 0 aliphatic rings. The highest BCUT2D eigenvalue weighted by molar-refractivity contribution is 5.85. The lowest BCUT2D eigenvalue weighted by Gasteiger charge is -2.08. The Labute approximate surface area is 78.5 Å². The van der Waals surface area contributed by atoms with Gasteiger partial charge in [0.05, 0.1) is 5.69 Å². The molecular formula is C8H13ClN2O. The van der Waals surface area contributed by atoms with E-state index < -0.39 is 0 Å². The van der Waals surface area contributed by atoms with E-state index in [2.05, 4.69) is 4.98 Å². The van der Waals surface area contributed by atoms with Crippen molar-refractivity contribution in [1.29, 1.82) is 0 Å².